The average molecular weight is 1900 g/mol. The second-order valence-electron chi connectivity index (χ2n) is 26.2. The second kappa shape index (κ2) is 48.9. The van der Waals surface area contributed by atoms with Crippen molar-refractivity contribution in [1.82, 2.24) is 60.1 Å². The molecule has 0 unspecified atom stereocenters. The molecule has 0 spiro atoms. The molecule has 0 saturated carbocycles. The third-order valence-electron chi connectivity index (χ3n) is 18.0. The van der Waals surface area contributed by atoms with Gasteiger partial charge in [-0.05, 0) is 44.7 Å². The molecule has 676 valence electrons. The highest BCUT2D eigenvalue weighted by Gasteiger charge is 2.30. The molecule has 44 nitrogen and oxygen atoms in total. The number of hydrogen-bond donors (Lipinski definition) is 7. The van der Waals surface area contributed by atoms with Crippen LogP contribution in [-0.2, 0) is 43.1 Å². The largest absolute Gasteiger partial charge is 0.494 e. The Morgan fingerprint density at radius 1 is 0.535 bits per heavy atom. The van der Waals surface area contributed by atoms with Crippen LogP contribution in [0, 0.1) is 30.3 Å². The number of sulfone groups is 1. The smallest absolute Gasteiger partial charge is 0.488 e. The molecule has 3 aliphatic heterocycles. The van der Waals surface area contributed by atoms with E-state index in [-0.39, 0.29) is 55.8 Å². The molecular weight excluding hydrogens is 1820 g/mol. The van der Waals surface area contributed by atoms with Crippen LogP contribution in [-0.4, -0.2) is 253 Å². The van der Waals surface area contributed by atoms with Crippen LogP contribution >= 0.6 is 39.1 Å². The summed E-state index contributed by atoms with van der Waals surface area (Å²) in [6.45, 7) is 6.42. The summed E-state index contributed by atoms with van der Waals surface area (Å²) in [4.78, 5) is 108. The van der Waals surface area contributed by atoms with E-state index in [9.17, 15) is 57.9 Å². The van der Waals surface area contributed by atoms with Gasteiger partial charge in [-0.25, -0.2) is 52.4 Å². The lowest BCUT2D eigenvalue weighted by Crippen LogP contribution is -2.36. The van der Waals surface area contributed by atoms with Crippen molar-refractivity contribution in [3.63, 3.8) is 0 Å². The maximum absolute atomic E-state index is 12.4. The fraction of sp³-hybridized carbons (Fsp3) is 0.237. The third kappa shape index (κ3) is 28.0. The first-order valence-corrected chi connectivity index (χ1v) is 41.5. The van der Waals surface area contributed by atoms with E-state index >= 15 is 0 Å². The molecule has 7 N–H and O–H groups in total. The third-order valence-corrected chi connectivity index (χ3v) is 19.9. The van der Waals surface area contributed by atoms with Crippen LogP contribution in [0.3, 0.4) is 0 Å². The Morgan fingerprint density at radius 3 is 1.33 bits per heavy atom. The van der Waals surface area contributed by atoms with Crippen molar-refractivity contribution in [2.75, 3.05) is 158 Å². The number of nitrogens with zero attached hydrogens (tertiary/aromatic N) is 16. The number of methoxy groups -OCH3 is 6. The molecule has 0 bridgehead atoms. The molecule has 129 heavy (non-hydrogen) atoms. The molecule has 0 aliphatic carbocycles. The molecule has 0 radical (unpaired) electrons. The molecule has 9 heterocycles. The molecular formula is C80H83BBrCl2N21O23S. The highest BCUT2D eigenvalue weighted by molar-refractivity contribution is 9.10. The molecule has 3 fully saturated rings. The van der Waals surface area contributed by atoms with Crippen molar-refractivity contribution >= 4 is 149 Å². The maximum atomic E-state index is 12.4. The van der Waals surface area contributed by atoms with Gasteiger partial charge in [0.1, 0.15) is 44.6 Å². The van der Waals surface area contributed by atoms with Gasteiger partial charge in [-0.1, -0.05) is 114 Å². The number of ether oxygens (including phenoxy) is 9. The maximum Gasteiger partial charge on any atom is 0.488 e. The Bertz CT molecular complexity index is 5910. The zero-order valence-electron chi connectivity index (χ0n) is 69.6. The normalized spacial score (nSPS) is 12.5. The minimum Gasteiger partial charge on any atom is -0.494 e. The standard InChI is InChI=1S/C26H25N7O6.C15H16ClN5O4.C12H15N3O5.C11H10N2O2.C6H7BO2.C5H5BrN2O2.C5H5ClN2O2S/c1-37-22-15-20(31-10-12-39-13-11-31)21(33(35)36)14-19(22)28-26-27-9-8-23(29-26)32-16-18(17-6-4-3-5-7-17)24(30-32)25(34)38-2;1-24-13-9-11(20-4-6-25-7-5-20)12(21(22)23)8-10(13)18-15-17-3-2-14(16)19-15;1-19-12-7-10(14-2-4-20-5-3-14)11(15(17)18)6-9(12)13-8-16;1-15-11(14)10-9(7-12-13-10)8-5-3-2-4-6-8;8-7(9)6-4-2-1-3-5-6;1-10-5(9)4-3(6)2-7-8-4;1-11(9,10)5-7-3-2-4(6)8-5/h3-9,14-16H,10-13H2,1-2H3,(H,27,28,29);2-3,8-9H,4-7H2,1H3,(H,17,18,19);6-8H,2-5H2,1H3,(H,13,16);2-7H,1H3,(H,12,13);1-5,8-9H;2H,1H3,(H,7,8);2-3H,1H3. The number of carbonyl (C=O) groups excluding carboxylic acids is 4. The number of benzene rings is 6. The van der Waals surface area contributed by atoms with Gasteiger partial charge >= 0.3 is 25.0 Å². The van der Waals surface area contributed by atoms with E-state index < -0.39 is 49.6 Å². The van der Waals surface area contributed by atoms with Gasteiger partial charge in [0.2, 0.25) is 33.3 Å². The van der Waals surface area contributed by atoms with E-state index in [1.807, 2.05) is 81.4 Å². The molecule has 6 aromatic heterocycles. The number of aromatic amines is 2. The number of nitro benzene ring substituents is 3. The quantitative estimate of drug-likeness (QED) is 0.00457. The number of nitro groups is 3. The number of nitrogens with one attached hydrogen (secondary N) is 5. The Morgan fingerprint density at radius 2 is 0.938 bits per heavy atom. The number of esters is 3. The van der Waals surface area contributed by atoms with Crippen molar-refractivity contribution in [3.05, 3.63) is 245 Å². The Labute approximate surface area is 753 Å². The SMILES string of the molecule is COC(=O)c1[nH]ncc1-c1ccccc1.COC(=O)c1[nH]ncc1Br.COC(=O)c1nn(-c2ccnc(Nc3cc([N+](=O)[O-])c(N4CCOCC4)cc3OC)n2)cc1-c1ccccc1.COc1cc(N2CCOCC2)c([N+](=O)[O-])cc1NC=O.COc1cc(N2CCOCC2)c([N+](=O)[O-])cc1Nc1nccc(Cl)n1.CS(=O)(=O)c1nccc(Cl)n1.OB(O)c1ccccc1. The van der Waals surface area contributed by atoms with Gasteiger partial charge in [0, 0.05) is 124 Å². The van der Waals surface area contributed by atoms with Gasteiger partial charge in [0.15, 0.2) is 22.9 Å². The lowest BCUT2D eigenvalue weighted by molar-refractivity contribution is -0.384. The average Bonchev–Trinajstić information content (AvgIpc) is 1.75. The first kappa shape index (κ1) is 98.3. The number of anilines is 8. The molecule has 15 rings (SSSR count). The Kier molecular flexibility index (Phi) is 37.3. The summed E-state index contributed by atoms with van der Waals surface area (Å²) in [6, 6.07) is 41.0. The number of hydrogen-bond acceptors (Lipinski definition) is 37. The van der Waals surface area contributed by atoms with E-state index in [4.69, 9.17) is 66.4 Å². The Hall–Kier alpha value is -14.5. The number of aromatic nitrogens is 12. The van der Waals surface area contributed by atoms with E-state index in [0.29, 0.717) is 164 Å². The first-order valence-electron chi connectivity index (χ1n) is 38.0. The van der Waals surface area contributed by atoms with Crippen LogP contribution in [0.2, 0.25) is 10.3 Å². The van der Waals surface area contributed by atoms with Crippen LogP contribution < -0.4 is 50.3 Å². The molecule has 12 aromatic rings. The minimum atomic E-state index is -3.33. The van der Waals surface area contributed by atoms with E-state index in [1.165, 1.54) is 102 Å². The summed E-state index contributed by atoms with van der Waals surface area (Å²) in [6.07, 6.45) is 10.6. The van der Waals surface area contributed by atoms with Crippen LogP contribution in [0.4, 0.5) is 63.1 Å². The van der Waals surface area contributed by atoms with Crippen molar-refractivity contribution in [1.29, 1.82) is 0 Å². The van der Waals surface area contributed by atoms with Crippen molar-refractivity contribution < 1.29 is 95.0 Å². The Balaban J connectivity index is 0.000000181. The number of carbonyl (C=O) groups is 4. The van der Waals surface area contributed by atoms with Crippen molar-refractivity contribution in [2.45, 2.75) is 5.16 Å². The number of H-pyrrole nitrogens is 2. The second-order valence-corrected chi connectivity index (χ2v) is 29.7. The summed E-state index contributed by atoms with van der Waals surface area (Å²) in [5.41, 5.74) is 6.60. The molecule has 0 atom stereocenters. The van der Waals surface area contributed by atoms with Gasteiger partial charge in [0.25, 0.3) is 17.1 Å². The van der Waals surface area contributed by atoms with Gasteiger partial charge < -0.3 is 83.3 Å². The molecule has 1 amide bonds. The summed E-state index contributed by atoms with van der Waals surface area (Å²) in [5, 5.41) is 77.3. The first-order chi connectivity index (χ1) is 62.1. The van der Waals surface area contributed by atoms with Crippen molar-refractivity contribution in [2.24, 2.45) is 0 Å². The zero-order valence-corrected chi connectivity index (χ0v) is 73.5. The predicted molar refractivity (Wildman–Crippen MR) is 477 cm³/mol. The van der Waals surface area contributed by atoms with Crippen molar-refractivity contribution in [3.8, 4) is 45.3 Å². The summed E-state index contributed by atoms with van der Waals surface area (Å²) < 4.78 is 69.7. The lowest BCUT2D eigenvalue weighted by Gasteiger charge is -2.29. The predicted octanol–water partition coefficient (Wildman–Crippen LogP) is 9.97. The monoisotopic (exact) mass is 1900 g/mol. The van der Waals surface area contributed by atoms with E-state index in [2.05, 4.69) is 96.8 Å². The highest BCUT2D eigenvalue weighted by Crippen LogP contribution is 2.43. The molecule has 3 aliphatic rings. The van der Waals surface area contributed by atoms with Gasteiger partial charge in [0.05, 0.1) is 131 Å². The molecule has 6 aromatic carbocycles. The fourth-order valence-corrected chi connectivity index (χ4v) is 13.1. The summed E-state index contributed by atoms with van der Waals surface area (Å²) in [5.74, 6) is 0.510. The van der Waals surface area contributed by atoms with E-state index in [0.717, 1.165) is 22.9 Å². The van der Waals surface area contributed by atoms with Gasteiger partial charge in [-0.3, -0.25) is 45.3 Å². The number of halogens is 3. The van der Waals surface area contributed by atoms with Crippen LogP contribution in [0.25, 0.3) is 28.1 Å². The van der Waals surface area contributed by atoms with E-state index in [1.54, 1.807) is 60.9 Å². The lowest BCUT2D eigenvalue weighted by atomic mass is 9.81. The molecule has 3 saturated heterocycles. The van der Waals surface area contributed by atoms with Crippen LogP contribution in [0.1, 0.15) is 31.5 Å². The number of amides is 1. The summed E-state index contributed by atoms with van der Waals surface area (Å²) >= 11 is 14.4. The van der Waals surface area contributed by atoms with Crippen LogP contribution in [0.15, 0.2) is 192 Å². The zero-order chi connectivity index (χ0) is 93.1. The molecule has 49 heteroatoms. The van der Waals surface area contributed by atoms with Gasteiger partial charge in [-0.2, -0.15) is 20.3 Å². The minimum absolute atomic E-state index is 0.0350. The topological polar surface area (TPSA) is 554 Å². The number of rotatable bonds is 23. The fourth-order valence-electron chi connectivity index (χ4n) is 11.9. The number of morpholine rings is 3. The van der Waals surface area contributed by atoms with Crippen LogP contribution in [0.5, 0.6) is 17.2 Å². The van der Waals surface area contributed by atoms with Gasteiger partial charge in [-0.15, -0.1) is 0 Å². The highest BCUT2D eigenvalue weighted by atomic mass is 79.9. The summed E-state index contributed by atoms with van der Waals surface area (Å²) in [7, 11) is 3.70.